The molecule has 3 heteroatoms. The predicted octanol–water partition coefficient (Wildman–Crippen LogP) is 3.05. The highest BCUT2D eigenvalue weighted by molar-refractivity contribution is 7.18. The van der Waals surface area contributed by atoms with E-state index in [0.717, 1.165) is 15.2 Å². The standard InChI is InChI=1S/C9H8FNS/c1-5-7(10)3-4-8-9(5)11-6(2)12-8/h3-4H,1-2H3. The maximum Gasteiger partial charge on any atom is 0.128 e. The molecular formula is C9H8FNS. The molecule has 0 radical (unpaired) electrons. The van der Waals surface area contributed by atoms with Crippen molar-refractivity contribution in [2.75, 3.05) is 0 Å². The van der Waals surface area contributed by atoms with Crippen LogP contribution in [-0.4, -0.2) is 4.98 Å². The number of benzene rings is 1. The van der Waals surface area contributed by atoms with Gasteiger partial charge < -0.3 is 0 Å². The van der Waals surface area contributed by atoms with Gasteiger partial charge in [-0.2, -0.15) is 0 Å². The molecular weight excluding hydrogens is 173 g/mol. The molecule has 0 aliphatic rings. The highest BCUT2D eigenvalue weighted by atomic mass is 32.1. The maximum absolute atomic E-state index is 13.0. The van der Waals surface area contributed by atoms with Gasteiger partial charge >= 0.3 is 0 Å². The zero-order valence-electron chi connectivity index (χ0n) is 6.89. The van der Waals surface area contributed by atoms with E-state index in [9.17, 15) is 4.39 Å². The van der Waals surface area contributed by atoms with Gasteiger partial charge in [0.1, 0.15) is 5.82 Å². The number of nitrogens with zero attached hydrogens (tertiary/aromatic N) is 1. The third-order valence-corrected chi connectivity index (χ3v) is 2.79. The van der Waals surface area contributed by atoms with E-state index in [1.165, 1.54) is 6.07 Å². The van der Waals surface area contributed by atoms with Crippen molar-refractivity contribution < 1.29 is 4.39 Å². The van der Waals surface area contributed by atoms with Crippen LogP contribution in [0.2, 0.25) is 0 Å². The van der Waals surface area contributed by atoms with Crippen LogP contribution in [0.15, 0.2) is 12.1 Å². The molecule has 0 fully saturated rings. The number of rotatable bonds is 0. The lowest BCUT2D eigenvalue weighted by Crippen LogP contribution is -1.82. The van der Waals surface area contributed by atoms with Crippen LogP contribution in [-0.2, 0) is 0 Å². The van der Waals surface area contributed by atoms with Gasteiger partial charge in [-0.3, -0.25) is 0 Å². The fourth-order valence-corrected chi connectivity index (χ4v) is 2.10. The molecule has 0 saturated heterocycles. The highest BCUT2D eigenvalue weighted by Gasteiger charge is 2.06. The Hall–Kier alpha value is -0.960. The first-order valence-corrected chi connectivity index (χ1v) is 4.52. The van der Waals surface area contributed by atoms with Crippen LogP contribution >= 0.6 is 11.3 Å². The molecule has 0 amide bonds. The minimum absolute atomic E-state index is 0.173. The van der Waals surface area contributed by atoms with Crippen molar-refractivity contribution in [3.05, 3.63) is 28.5 Å². The van der Waals surface area contributed by atoms with Gasteiger partial charge in [-0.25, -0.2) is 9.37 Å². The zero-order valence-corrected chi connectivity index (χ0v) is 7.70. The van der Waals surface area contributed by atoms with E-state index >= 15 is 0 Å². The average molecular weight is 181 g/mol. The van der Waals surface area contributed by atoms with Gasteiger partial charge in [0.05, 0.1) is 15.2 Å². The van der Waals surface area contributed by atoms with E-state index in [2.05, 4.69) is 4.98 Å². The Morgan fingerprint density at radius 2 is 2.08 bits per heavy atom. The number of aryl methyl sites for hydroxylation is 2. The summed E-state index contributed by atoms with van der Waals surface area (Å²) < 4.78 is 14.1. The van der Waals surface area contributed by atoms with Gasteiger partial charge in [-0.05, 0) is 26.0 Å². The van der Waals surface area contributed by atoms with E-state index < -0.39 is 0 Å². The van der Waals surface area contributed by atoms with E-state index in [4.69, 9.17) is 0 Å². The van der Waals surface area contributed by atoms with Crippen molar-refractivity contribution in [2.45, 2.75) is 13.8 Å². The van der Waals surface area contributed by atoms with Crippen LogP contribution in [0.1, 0.15) is 10.6 Å². The Balaban J connectivity index is 2.89. The number of fused-ring (bicyclic) bond motifs is 1. The summed E-state index contributed by atoms with van der Waals surface area (Å²) >= 11 is 1.60. The molecule has 1 aromatic heterocycles. The molecule has 0 aliphatic heterocycles. The van der Waals surface area contributed by atoms with Gasteiger partial charge in [0.25, 0.3) is 0 Å². The van der Waals surface area contributed by atoms with E-state index in [1.807, 2.05) is 6.92 Å². The van der Waals surface area contributed by atoms with Gasteiger partial charge in [-0.15, -0.1) is 11.3 Å². The number of aromatic nitrogens is 1. The second-order valence-electron chi connectivity index (χ2n) is 2.75. The summed E-state index contributed by atoms with van der Waals surface area (Å²) in [6.07, 6.45) is 0. The minimum Gasteiger partial charge on any atom is -0.241 e. The molecule has 2 rings (SSSR count). The topological polar surface area (TPSA) is 12.9 Å². The van der Waals surface area contributed by atoms with Crippen molar-refractivity contribution in [3.8, 4) is 0 Å². The Kier molecular flexibility index (Phi) is 1.61. The molecule has 0 aliphatic carbocycles. The molecule has 1 aromatic carbocycles. The highest BCUT2D eigenvalue weighted by Crippen LogP contribution is 2.25. The van der Waals surface area contributed by atoms with Crippen molar-refractivity contribution in [1.82, 2.24) is 4.98 Å². The first-order valence-electron chi connectivity index (χ1n) is 3.71. The number of hydrogen-bond donors (Lipinski definition) is 0. The van der Waals surface area contributed by atoms with Crippen LogP contribution in [0, 0.1) is 19.7 Å². The average Bonchev–Trinajstić information content (AvgIpc) is 2.39. The number of halogens is 1. The summed E-state index contributed by atoms with van der Waals surface area (Å²) in [5, 5.41) is 0.985. The molecule has 0 saturated carbocycles. The van der Waals surface area contributed by atoms with Crippen molar-refractivity contribution in [1.29, 1.82) is 0 Å². The fourth-order valence-electron chi connectivity index (χ4n) is 1.21. The summed E-state index contributed by atoms with van der Waals surface area (Å²) in [6, 6.07) is 3.28. The van der Waals surface area contributed by atoms with Crippen LogP contribution in [0.25, 0.3) is 10.2 Å². The molecule has 0 bridgehead atoms. The third kappa shape index (κ3) is 1.01. The Morgan fingerprint density at radius 1 is 1.33 bits per heavy atom. The van der Waals surface area contributed by atoms with Gasteiger partial charge in [-0.1, -0.05) is 0 Å². The first kappa shape index (κ1) is 7.68. The van der Waals surface area contributed by atoms with E-state index in [0.29, 0.717) is 5.56 Å². The molecule has 12 heavy (non-hydrogen) atoms. The monoisotopic (exact) mass is 181 g/mol. The smallest absolute Gasteiger partial charge is 0.128 e. The third-order valence-electron chi connectivity index (χ3n) is 1.85. The Labute approximate surface area is 73.9 Å². The second kappa shape index (κ2) is 2.52. The van der Waals surface area contributed by atoms with Gasteiger partial charge in [0.15, 0.2) is 0 Å². The predicted molar refractivity (Wildman–Crippen MR) is 49.1 cm³/mol. The number of thiazole rings is 1. The minimum atomic E-state index is -0.173. The number of hydrogen-bond acceptors (Lipinski definition) is 2. The lowest BCUT2D eigenvalue weighted by molar-refractivity contribution is 0.620. The molecule has 0 unspecified atom stereocenters. The first-order chi connectivity index (χ1) is 5.68. The SMILES string of the molecule is Cc1nc2c(C)c(F)ccc2s1. The van der Waals surface area contributed by atoms with Crippen LogP contribution < -0.4 is 0 Å². The van der Waals surface area contributed by atoms with Crippen molar-refractivity contribution in [2.24, 2.45) is 0 Å². The Morgan fingerprint density at radius 3 is 2.83 bits per heavy atom. The summed E-state index contributed by atoms with van der Waals surface area (Å²) in [5.74, 6) is -0.173. The molecule has 0 N–H and O–H groups in total. The van der Waals surface area contributed by atoms with Crippen LogP contribution in [0.3, 0.4) is 0 Å². The van der Waals surface area contributed by atoms with Crippen LogP contribution in [0.5, 0.6) is 0 Å². The quantitative estimate of drug-likeness (QED) is 0.608. The molecule has 0 atom stereocenters. The lowest BCUT2D eigenvalue weighted by atomic mass is 10.2. The Bertz CT molecular complexity index is 433. The normalized spacial score (nSPS) is 10.9. The van der Waals surface area contributed by atoms with Gasteiger partial charge in [0, 0.05) is 5.56 Å². The summed E-state index contributed by atoms with van der Waals surface area (Å²) in [4.78, 5) is 4.25. The van der Waals surface area contributed by atoms with Gasteiger partial charge in [0.2, 0.25) is 0 Å². The van der Waals surface area contributed by atoms with Crippen LogP contribution in [0.4, 0.5) is 4.39 Å². The molecule has 1 nitrogen and oxygen atoms in total. The largest absolute Gasteiger partial charge is 0.241 e. The summed E-state index contributed by atoms with van der Waals surface area (Å²) in [7, 11) is 0. The van der Waals surface area contributed by atoms with Crippen molar-refractivity contribution in [3.63, 3.8) is 0 Å². The van der Waals surface area contributed by atoms with Crippen molar-refractivity contribution >= 4 is 21.6 Å². The van der Waals surface area contributed by atoms with E-state index in [1.54, 1.807) is 24.3 Å². The molecule has 0 spiro atoms. The maximum atomic E-state index is 13.0. The fraction of sp³-hybridized carbons (Fsp3) is 0.222. The lowest BCUT2D eigenvalue weighted by Gasteiger charge is -1.94. The summed E-state index contributed by atoms with van der Waals surface area (Å²) in [5.41, 5.74) is 1.45. The molecule has 2 aromatic rings. The zero-order chi connectivity index (χ0) is 8.72. The van der Waals surface area contributed by atoms with E-state index in [-0.39, 0.29) is 5.82 Å². The second-order valence-corrected chi connectivity index (χ2v) is 3.99. The molecule has 1 heterocycles. The summed E-state index contributed by atoms with van der Waals surface area (Å²) in [6.45, 7) is 3.69. The molecule has 62 valence electrons.